The minimum absolute atomic E-state index is 0.0916. The van der Waals surface area contributed by atoms with E-state index in [4.69, 9.17) is 9.47 Å². The molecule has 0 unspecified atom stereocenters. The first-order chi connectivity index (χ1) is 11.8. The quantitative estimate of drug-likeness (QED) is 0.745. The van der Waals surface area contributed by atoms with Gasteiger partial charge >= 0.3 is 5.97 Å². The molecule has 0 saturated heterocycles. The number of ether oxygens (including phenoxy) is 2. The fraction of sp³-hybridized carbons (Fsp3) is 0.389. The zero-order valence-electron chi connectivity index (χ0n) is 15.2. The molecule has 7 heteroatoms. The molecule has 0 amide bonds. The topological polar surface area (TPSA) is 77.1 Å². The van der Waals surface area contributed by atoms with Crippen LogP contribution in [-0.2, 0) is 4.74 Å². The standard InChI is InChI=1S/C18H21N3O3S/c1-10(2)16-17(15(18(22)23-5)20-21(16)25-6)24-13-7-11(3)14(9-19)12(4)8-13/h7-8,10H,1-6H3. The van der Waals surface area contributed by atoms with E-state index in [1.807, 2.05) is 34.0 Å². The Hall–Kier alpha value is -2.46. The van der Waals surface area contributed by atoms with Crippen molar-refractivity contribution in [3.63, 3.8) is 0 Å². The molecule has 132 valence electrons. The van der Waals surface area contributed by atoms with Crippen LogP contribution in [0.1, 0.15) is 52.6 Å². The lowest BCUT2D eigenvalue weighted by Crippen LogP contribution is -2.04. The Kier molecular flexibility index (Phi) is 5.75. The lowest BCUT2D eigenvalue weighted by Gasteiger charge is -2.13. The van der Waals surface area contributed by atoms with Crippen molar-refractivity contribution in [1.82, 2.24) is 9.19 Å². The highest BCUT2D eigenvalue weighted by atomic mass is 32.2. The number of carbonyl (C=O) groups excluding carboxylic acids is 1. The lowest BCUT2D eigenvalue weighted by atomic mass is 10.0. The number of hydrogen-bond donors (Lipinski definition) is 0. The fourth-order valence-corrected chi connectivity index (χ4v) is 3.28. The molecule has 0 N–H and O–H groups in total. The molecule has 1 heterocycles. The van der Waals surface area contributed by atoms with E-state index >= 15 is 0 Å². The minimum atomic E-state index is -0.549. The van der Waals surface area contributed by atoms with E-state index in [1.54, 1.807) is 16.2 Å². The number of rotatable bonds is 5. The number of aryl methyl sites for hydroxylation is 2. The molecule has 0 aliphatic heterocycles. The minimum Gasteiger partial charge on any atom is -0.464 e. The smallest absolute Gasteiger partial charge is 0.362 e. The normalized spacial score (nSPS) is 10.6. The lowest BCUT2D eigenvalue weighted by molar-refractivity contribution is 0.0591. The van der Waals surface area contributed by atoms with Gasteiger partial charge in [-0.05, 0) is 49.1 Å². The molecule has 0 spiro atoms. The fourth-order valence-electron chi connectivity index (χ4n) is 2.63. The number of nitrogens with zero attached hydrogens (tertiary/aromatic N) is 3. The Bertz CT molecular complexity index is 827. The van der Waals surface area contributed by atoms with Gasteiger partial charge < -0.3 is 9.47 Å². The summed E-state index contributed by atoms with van der Waals surface area (Å²) in [5.41, 5.74) is 3.21. The molecule has 1 aromatic carbocycles. The molecule has 0 fully saturated rings. The zero-order chi connectivity index (χ0) is 18.7. The summed E-state index contributed by atoms with van der Waals surface area (Å²) in [7, 11) is 1.31. The summed E-state index contributed by atoms with van der Waals surface area (Å²) in [6, 6.07) is 5.76. The predicted molar refractivity (Wildman–Crippen MR) is 97.3 cm³/mol. The molecule has 1 aromatic heterocycles. The SMILES string of the molecule is COC(=O)c1nn(SC)c(C(C)C)c1Oc1cc(C)c(C#N)c(C)c1. The van der Waals surface area contributed by atoms with Crippen LogP contribution < -0.4 is 4.74 Å². The summed E-state index contributed by atoms with van der Waals surface area (Å²) in [5, 5.41) is 13.5. The van der Waals surface area contributed by atoms with Crippen LogP contribution in [0.2, 0.25) is 0 Å². The molecule has 0 atom stereocenters. The molecular weight excluding hydrogens is 338 g/mol. The zero-order valence-corrected chi connectivity index (χ0v) is 16.0. The summed E-state index contributed by atoms with van der Waals surface area (Å²) < 4.78 is 12.6. The maximum Gasteiger partial charge on any atom is 0.362 e. The predicted octanol–water partition coefficient (Wildman–Crippen LogP) is 4.20. The number of nitriles is 1. The number of esters is 1. The summed E-state index contributed by atoms with van der Waals surface area (Å²) in [6.45, 7) is 7.72. The second-order valence-electron chi connectivity index (χ2n) is 5.91. The summed E-state index contributed by atoms with van der Waals surface area (Å²) in [4.78, 5) is 12.1. The molecule has 0 radical (unpaired) electrons. The van der Waals surface area contributed by atoms with Crippen LogP contribution in [-0.4, -0.2) is 28.5 Å². The third-order valence-corrected chi connectivity index (χ3v) is 4.41. The maximum atomic E-state index is 12.1. The van der Waals surface area contributed by atoms with Gasteiger partial charge in [-0.15, -0.1) is 0 Å². The van der Waals surface area contributed by atoms with Gasteiger partial charge in [0.2, 0.25) is 5.69 Å². The van der Waals surface area contributed by atoms with Crippen molar-refractivity contribution in [2.24, 2.45) is 0 Å². The van der Waals surface area contributed by atoms with Crippen molar-refractivity contribution >= 4 is 17.9 Å². The van der Waals surface area contributed by atoms with Crippen LogP contribution in [0.4, 0.5) is 0 Å². The second kappa shape index (κ2) is 7.62. The number of benzene rings is 1. The van der Waals surface area contributed by atoms with Gasteiger partial charge in [0.1, 0.15) is 5.75 Å². The highest BCUT2D eigenvalue weighted by molar-refractivity contribution is 7.97. The van der Waals surface area contributed by atoms with Gasteiger partial charge in [0.15, 0.2) is 5.75 Å². The first-order valence-corrected chi connectivity index (χ1v) is 8.97. The average molecular weight is 359 g/mol. The van der Waals surface area contributed by atoms with Crippen molar-refractivity contribution in [1.29, 1.82) is 5.26 Å². The van der Waals surface area contributed by atoms with E-state index < -0.39 is 5.97 Å². The van der Waals surface area contributed by atoms with E-state index in [1.165, 1.54) is 19.1 Å². The maximum absolute atomic E-state index is 12.1. The molecule has 0 saturated carbocycles. The molecule has 2 rings (SSSR count). The molecule has 6 nitrogen and oxygen atoms in total. The largest absolute Gasteiger partial charge is 0.464 e. The number of aromatic nitrogens is 2. The van der Waals surface area contributed by atoms with Crippen LogP contribution >= 0.6 is 11.9 Å². The average Bonchev–Trinajstić information content (AvgIpc) is 2.92. The Morgan fingerprint density at radius 2 is 1.92 bits per heavy atom. The van der Waals surface area contributed by atoms with Gasteiger partial charge in [0, 0.05) is 12.2 Å². The molecule has 2 aromatic rings. The Morgan fingerprint density at radius 3 is 2.36 bits per heavy atom. The third-order valence-electron chi connectivity index (χ3n) is 3.78. The van der Waals surface area contributed by atoms with Crippen molar-refractivity contribution in [2.75, 3.05) is 13.4 Å². The Morgan fingerprint density at radius 1 is 1.32 bits per heavy atom. The van der Waals surface area contributed by atoms with Crippen LogP contribution in [0.5, 0.6) is 11.5 Å². The molecule has 0 aliphatic carbocycles. The number of hydrogen-bond acceptors (Lipinski definition) is 6. The first-order valence-electron chi connectivity index (χ1n) is 7.78. The van der Waals surface area contributed by atoms with E-state index in [2.05, 4.69) is 11.2 Å². The van der Waals surface area contributed by atoms with Crippen LogP contribution in [0.15, 0.2) is 12.1 Å². The monoisotopic (exact) mass is 359 g/mol. The van der Waals surface area contributed by atoms with E-state index in [0.29, 0.717) is 17.1 Å². The van der Waals surface area contributed by atoms with Gasteiger partial charge in [-0.3, -0.25) is 0 Å². The summed E-state index contributed by atoms with van der Waals surface area (Å²) in [5.74, 6) is 0.488. The van der Waals surface area contributed by atoms with Gasteiger partial charge in [0.05, 0.1) is 24.4 Å². The van der Waals surface area contributed by atoms with Crippen molar-refractivity contribution in [2.45, 2.75) is 33.6 Å². The second-order valence-corrected chi connectivity index (χ2v) is 6.62. The van der Waals surface area contributed by atoms with Crippen molar-refractivity contribution < 1.29 is 14.3 Å². The van der Waals surface area contributed by atoms with Crippen LogP contribution in [0.3, 0.4) is 0 Å². The molecule has 0 aliphatic rings. The Labute approximate surface area is 151 Å². The van der Waals surface area contributed by atoms with Gasteiger partial charge in [0.25, 0.3) is 0 Å². The molecule has 25 heavy (non-hydrogen) atoms. The first kappa shape index (κ1) is 18.9. The summed E-state index contributed by atoms with van der Waals surface area (Å²) >= 11 is 1.38. The van der Waals surface area contributed by atoms with Crippen LogP contribution in [0, 0.1) is 25.2 Å². The van der Waals surface area contributed by atoms with E-state index in [-0.39, 0.29) is 11.6 Å². The highest BCUT2D eigenvalue weighted by Crippen LogP contribution is 2.37. The third kappa shape index (κ3) is 3.64. The van der Waals surface area contributed by atoms with Crippen molar-refractivity contribution in [3.05, 3.63) is 40.2 Å². The van der Waals surface area contributed by atoms with Crippen LogP contribution in [0.25, 0.3) is 0 Å². The number of carbonyl (C=O) groups is 1. The highest BCUT2D eigenvalue weighted by Gasteiger charge is 2.27. The van der Waals surface area contributed by atoms with E-state index in [9.17, 15) is 10.1 Å². The van der Waals surface area contributed by atoms with E-state index in [0.717, 1.165) is 16.8 Å². The Balaban J connectivity index is 2.60. The number of methoxy groups -OCH3 is 1. The summed E-state index contributed by atoms with van der Waals surface area (Å²) in [6.07, 6.45) is 1.87. The molecule has 0 bridgehead atoms. The molecular formula is C18H21N3O3S. The van der Waals surface area contributed by atoms with Gasteiger partial charge in [-0.2, -0.15) is 10.4 Å². The van der Waals surface area contributed by atoms with Crippen molar-refractivity contribution in [3.8, 4) is 17.6 Å². The van der Waals surface area contributed by atoms with Gasteiger partial charge in [-0.25, -0.2) is 8.88 Å². The van der Waals surface area contributed by atoms with Gasteiger partial charge in [-0.1, -0.05) is 13.8 Å².